The highest BCUT2D eigenvalue weighted by Crippen LogP contribution is 2.26. The van der Waals surface area contributed by atoms with E-state index in [0.717, 1.165) is 60.4 Å². The molecule has 0 aliphatic carbocycles. The Bertz CT molecular complexity index is 1010. The van der Waals surface area contributed by atoms with E-state index in [-0.39, 0.29) is 5.91 Å². The van der Waals surface area contributed by atoms with Crippen molar-refractivity contribution >= 4 is 39.8 Å². The number of carbonyl (C=O) groups excluding carboxylic acids is 1. The molecule has 150 valence electrons. The van der Waals surface area contributed by atoms with Crippen molar-refractivity contribution in [2.24, 2.45) is 0 Å². The molecule has 0 spiro atoms. The van der Waals surface area contributed by atoms with Crippen LogP contribution in [0.1, 0.15) is 12.5 Å². The third-order valence-electron chi connectivity index (χ3n) is 5.42. The number of aryl methyl sites for hydroxylation is 1. The van der Waals surface area contributed by atoms with Gasteiger partial charge in [-0.25, -0.2) is 4.98 Å². The van der Waals surface area contributed by atoms with E-state index in [1.807, 2.05) is 36.4 Å². The van der Waals surface area contributed by atoms with E-state index in [2.05, 4.69) is 45.2 Å². The molecule has 6 heteroatoms. The molecule has 29 heavy (non-hydrogen) atoms. The third kappa shape index (κ3) is 4.52. The van der Waals surface area contributed by atoms with Crippen LogP contribution in [-0.2, 0) is 11.2 Å². The number of carbonyl (C=O) groups is 1. The Balaban J connectivity index is 1.35. The number of rotatable bonds is 5. The quantitative estimate of drug-likeness (QED) is 0.642. The van der Waals surface area contributed by atoms with E-state index in [9.17, 15) is 4.79 Å². The van der Waals surface area contributed by atoms with E-state index >= 15 is 0 Å². The lowest BCUT2D eigenvalue weighted by molar-refractivity contribution is -0.117. The molecule has 2 heterocycles. The van der Waals surface area contributed by atoms with Crippen molar-refractivity contribution in [1.29, 1.82) is 0 Å². The minimum atomic E-state index is 0.0335. The van der Waals surface area contributed by atoms with Crippen molar-refractivity contribution in [3.8, 4) is 0 Å². The Morgan fingerprint density at radius 1 is 1.07 bits per heavy atom. The molecule has 0 saturated carbocycles. The maximum atomic E-state index is 12.5. The van der Waals surface area contributed by atoms with E-state index < -0.39 is 0 Å². The summed E-state index contributed by atoms with van der Waals surface area (Å²) in [6.07, 6.45) is 0.899. The number of pyridine rings is 1. The van der Waals surface area contributed by atoms with Crippen molar-refractivity contribution in [1.82, 2.24) is 9.88 Å². The molecule has 1 aliphatic rings. The Kier molecular flexibility index (Phi) is 5.97. The monoisotopic (exact) mass is 408 g/mol. The van der Waals surface area contributed by atoms with Crippen LogP contribution in [0.3, 0.4) is 0 Å². The normalized spacial score (nSPS) is 14.9. The number of benzene rings is 2. The summed E-state index contributed by atoms with van der Waals surface area (Å²) in [7, 11) is 0. The molecule has 1 aliphatic heterocycles. The Labute approximate surface area is 176 Å². The van der Waals surface area contributed by atoms with Crippen LogP contribution in [0, 0.1) is 0 Å². The van der Waals surface area contributed by atoms with Gasteiger partial charge in [0.25, 0.3) is 0 Å². The van der Waals surface area contributed by atoms with E-state index in [4.69, 9.17) is 11.6 Å². The van der Waals surface area contributed by atoms with Gasteiger partial charge in [0.15, 0.2) is 0 Å². The van der Waals surface area contributed by atoms with Crippen LogP contribution in [-0.4, -0.2) is 48.5 Å². The van der Waals surface area contributed by atoms with Gasteiger partial charge < -0.3 is 10.2 Å². The number of nitrogens with one attached hydrogen (secondary N) is 1. The number of hydrogen-bond acceptors (Lipinski definition) is 4. The van der Waals surface area contributed by atoms with Gasteiger partial charge in [-0.3, -0.25) is 9.69 Å². The van der Waals surface area contributed by atoms with Crippen LogP contribution < -0.4 is 10.2 Å². The molecular formula is C23H25ClN4O. The summed E-state index contributed by atoms with van der Waals surface area (Å²) < 4.78 is 0. The number of fused-ring (bicyclic) bond motifs is 1. The zero-order valence-electron chi connectivity index (χ0n) is 16.6. The van der Waals surface area contributed by atoms with Crippen LogP contribution in [0.15, 0.2) is 54.6 Å². The standard InChI is InChI=1S/C23H25ClN4O/c1-2-17-7-4-6-10-20(17)25-22(29)16-27-11-13-28(14-12-27)21-15-18-8-3-5-9-19(18)23(24)26-21/h3-10,15H,2,11-14,16H2,1H3,(H,25,29). The van der Waals surface area contributed by atoms with Crippen molar-refractivity contribution in [2.45, 2.75) is 13.3 Å². The van der Waals surface area contributed by atoms with E-state index in [1.165, 1.54) is 0 Å². The zero-order chi connectivity index (χ0) is 20.2. The number of anilines is 2. The fraction of sp³-hybridized carbons (Fsp3) is 0.304. The topological polar surface area (TPSA) is 48.5 Å². The maximum Gasteiger partial charge on any atom is 0.238 e. The molecule has 0 radical (unpaired) electrons. The number of halogens is 1. The van der Waals surface area contributed by atoms with Crippen molar-refractivity contribution < 1.29 is 4.79 Å². The van der Waals surface area contributed by atoms with Gasteiger partial charge in [-0.2, -0.15) is 0 Å². The Morgan fingerprint density at radius 3 is 2.59 bits per heavy atom. The summed E-state index contributed by atoms with van der Waals surface area (Å²) in [4.78, 5) is 21.5. The molecule has 2 aromatic carbocycles. The van der Waals surface area contributed by atoms with Gasteiger partial charge >= 0.3 is 0 Å². The van der Waals surface area contributed by atoms with Gasteiger partial charge in [-0.05, 0) is 29.5 Å². The SMILES string of the molecule is CCc1ccccc1NC(=O)CN1CCN(c2cc3ccccc3c(Cl)n2)CC1. The Morgan fingerprint density at radius 2 is 1.79 bits per heavy atom. The summed E-state index contributed by atoms with van der Waals surface area (Å²) >= 11 is 6.38. The highest BCUT2D eigenvalue weighted by Gasteiger charge is 2.21. The molecule has 1 saturated heterocycles. The molecule has 0 unspecified atom stereocenters. The zero-order valence-corrected chi connectivity index (χ0v) is 17.3. The predicted molar refractivity (Wildman–Crippen MR) is 120 cm³/mol. The summed E-state index contributed by atoms with van der Waals surface area (Å²) in [5.74, 6) is 0.931. The second-order valence-electron chi connectivity index (χ2n) is 7.31. The number of amides is 1. The Hall–Kier alpha value is -2.63. The van der Waals surface area contributed by atoms with Crippen molar-refractivity contribution in [3.05, 3.63) is 65.3 Å². The smallest absolute Gasteiger partial charge is 0.238 e. The first-order valence-corrected chi connectivity index (χ1v) is 10.4. The van der Waals surface area contributed by atoms with Gasteiger partial charge in [-0.1, -0.05) is 61.0 Å². The number of nitrogens with zero attached hydrogens (tertiary/aromatic N) is 3. The molecule has 1 N–H and O–H groups in total. The molecule has 3 aromatic rings. The number of hydrogen-bond donors (Lipinski definition) is 1. The fourth-order valence-corrected chi connectivity index (χ4v) is 4.04. The lowest BCUT2D eigenvalue weighted by atomic mass is 10.1. The molecular weight excluding hydrogens is 384 g/mol. The molecule has 0 bridgehead atoms. The summed E-state index contributed by atoms with van der Waals surface area (Å²) in [5, 5.41) is 5.66. The summed E-state index contributed by atoms with van der Waals surface area (Å²) in [6, 6.07) is 18.1. The van der Waals surface area contributed by atoms with Crippen LogP contribution >= 0.6 is 11.6 Å². The van der Waals surface area contributed by atoms with Crippen LogP contribution in [0.2, 0.25) is 5.15 Å². The average Bonchev–Trinajstić information content (AvgIpc) is 2.74. The molecule has 1 fully saturated rings. The van der Waals surface area contributed by atoms with Crippen molar-refractivity contribution in [3.63, 3.8) is 0 Å². The molecule has 0 atom stereocenters. The molecule has 4 rings (SSSR count). The van der Waals surface area contributed by atoms with Gasteiger partial charge in [0.2, 0.25) is 5.91 Å². The van der Waals surface area contributed by atoms with Gasteiger partial charge in [0.1, 0.15) is 11.0 Å². The van der Waals surface area contributed by atoms with Crippen LogP contribution in [0.5, 0.6) is 0 Å². The van der Waals surface area contributed by atoms with E-state index in [1.54, 1.807) is 0 Å². The maximum absolute atomic E-state index is 12.5. The van der Waals surface area contributed by atoms with E-state index in [0.29, 0.717) is 11.7 Å². The number of piperazine rings is 1. The minimum Gasteiger partial charge on any atom is -0.354 e. The summed E-state index contributed by atoms with van der Waals surface area (Å²) in [6.45, 7) is 5.76. The minimum absolute atomic E-state index is 0.0335. The molecule has 1 amide bonds. The van der Waals surface area contributed by atoms with Crippen LogP contribution in [0.4, 0.5) is 11.5 Å². The second-order valence-corrected chi connectivity index (χ2v) is 7.67. The third-order valence-corrected chi connectivity index (χ3v) is 5.70. The lowest BCUT2D eigenvalue weighted by Gasteiger charge is -2.35. The second kappa shape index (κ2) is 8.80. The van der Waals surface area contributed by atoms with Crippen LogP contribution in [0.25, 0.3) is 10.8 Å². The first-order chi connectivity index (χ1) is 14.1. The first-order valence-electron chi connectivity index (χ1n) is 10.0. The number of aromatic nitrogens is 1. The molecule has 5 nitrogen and oxygen atoms in total. The largest absolute Gasteiger partial charge is 0.354 e. The average molecular weight is 409 g/mol. The first kappa shape index (κ1) is 19.7. The highest BCUT2D eigenvalue weighted by atomic mass is 35.5. The predicted octanol–water partition coefficient (Wildman–Crippen LogP) is 4.21. The van der Waals surface area contributed by atoms with Gasteiger partial charge in [-0.15, -0.1) is 0 Å². The molecule has 1 aromatic heterocycles. The fourth-order valence-electron chi connectivity index (χ4n) is 3.78. The van der Waals surface area contributed by atoms with Gasteiger partial charge in [0.05, 0.1) is 6.54 Å². The highest BCUT2D eigenvalue weighted by molar-refractivity contribution is 6.34. The lowest BCUT2D eigenvalue weighted by Crippen LogP contribution is -2.49. The summed E-state index contributed by atoms with van der Waals surface area (Å²) in [5.41, 5.74) is 2.07. The van der Waals surface area contributed by atoms with Crippen molar-refractivity contribution in [2.75, 3.05) is 42.9 Å². The van der Waals surface area contributed by atoms with Gasteiger partial charge in [0, 0.05) is 37.3 Å². The number of para-hydroxylation sites is 1.